The molecule has 20 aromatic rings. The van der Waals surface area contributed by atoms with Gasteiger partial charge in [-0.2, -0.15) is 40.3 Å². The van der Waals surface area contributed by atoms with Gasteiger partial charge in [0.1, 0.15) is 5.75 Å². The van der Waals surface area contributed by atoms with Crippen LogP contribution in [0.5, 0.6) is 5.75 Å². The minimum atomic E-state index is -0.406. The molecule has 0 bridgehead atoms. The number of fused-ring (bicyclic) bond motifs is 8. The van der Waals surface area contributed by atoms with E-state index in [1.54, 1.807) is 77.1 Å². The molecular weight excluding hydrogens is 1540 g/mol. The van der Waals surface area contributed by atoms with Gasteiger partial charge in [0.2, 0.25) is 23.8 Å². The van der Waals surface area contributed by atoms with Gasteiger partial charge < -0.3 is 47.3 Å². The molecule has 0 radical (unpaired) electrons. The van der Waals surface area contributed by atoms with Gasteiger partial charge in [-0.1, -0.05) is 48.0 Å². The van der Waals surface area contributed by atoms with Gasteiger partial charge in [0, 0.05) is 111 Å². The largest absolute Gasteiger partial charge is 0.496 e. The van der Waals surface area contributed by atoms with Gasteiger partial charge in [-0.15, -0.1) is 45.3 Å². The molecule has 114 heavy (non-hydrogen) atoms. The maximum absolute atomic E-state index is 11.0. The first-order valence-corrected chi connectivity index (χ1v) is 39.3. The number of halogens is 1. The summed E-state index contributed by atoms with van der Waals surface area (Å²) in [5, 5.41) is 78.6. The van der Waals surface area contributed by atoms with E-state index in [2.05, 4.69) is 124 Å². The predicted molar refractivity (Wildman–Crippen MR) is 459 cm³/mol. The van der Waals surface area contributed by atoms with Crippen molar-refractivity contribution in [1.82, 2.24) is 85.6 Å². The molecule has 562 valence electrons. The van der Waals surface area contributed by atoms with Crippen LogP contribution in [-0.4, -0.2) is 104 Å². The Morgan fingerprint density at radius 1 is 0.421 bits per heavy atom. The fourth-order valence-corrected chi connectivity index (χ4v) is 15.4. The summed E-state index contributed by atoms with van der Waals surface area (Å²) >= 11 is 12.4. The smallest absolute Gasteiger partial charge is 0.269 e. The molecule has 0 aliphatic rings. The normalized spacial score (nSPS) is 11.1. The Hall–Kier alpha value is -14.4. The van der Waals surface area contributed by atoms with Gasteiger partial charge in [0.25, 0.3) is 5.69 Å². The zero-order chi connectivity index (χ0) is 77.1. The van der Waals surface area contributed by atoms with Crippen molar-refractivity contribution in [2.75, 3.05) is 56.2 Å². The second kappa shape index (κ2) is 33.4. The molecule has 0 atom stereocenters. The van der Waals surface area contributed by atoms with Crippen molar-refractivity contribution in [2.24, 2.45) is 0 Å². The maximum atomic E-state index is 11.0. The first-order chi connectivity index (χ1) is 56.0. The second-order valence-electron chi connectivity index (χ2n) is 25.4. The number of anilines is 13. The molecule has 0 saturated heterocycles. The van der Waals surface area contributed by atoms with Crippen LogP contribution in [0.2, 0.25) is 5.02 Å². The van der Waals surface area contributed by atoms with Crippen LogP contribution in [0.15, 0.2) is 241 Å². The molecule has 13 heterocycles. The summed E-state index contributed by atoms with van der Waals surface area (Å²) in [6.45, 7) is 1.66. The van der Waals surface area contributed by atoms with Crippen LogP contribution < -0.4 is 47.3 Å². The molecule has 0 aliphatic heterocycles. The highest BCUT2D eigenvalue weighted by Crippen LogP contribution is 2.36. The van der Waals surface area contributed by atoms with Crippen molar-refractivity contribution in [1.29, 1.82) is 0 Å². The van der Waals surface area contributed by atoms with Gasteiger partial charge in [0.15, 0.2) is 23.3 Å². The molecule has 34 heteroatoms. The van der Waals surface area contributed by atoms with Crippen molar-refractivity contribution in [3.05, 3.63) is 273 Å². The number of para-hydroxylation sites is 1. The summed E-state index contributed by atoms with van der Waals surface area (Å²) in [6.07, 6.45) is 9.81. The molecule has 12 N–H and O–H groups in total. The number of aromatic amines is 4. The van der Waals surface area contributed by atoms with E-state index in [1.807, 2.05) is 198 Å². The van der Waals surface area contributed by atoms with Crippen LogP contribution in [0, 0.1) is 10.1 Å². The molecule has 0 fully saturated rings. The van der Waals surface area contributed by atoms with Gasteiger partial charge in [-0.25, -0.2) is 19.9 Å². The first-order valence-electron chi connectivity index (χ1n) is 35.4. The Morgan fingerprint density at radius 3 is 1.29 bits per heavy atom. The second-order valence-corrected chi connectivity index (χ2v) is 29.5. The lowest BCUT2D eigenvalue weighted by Crippen LogP contribution is -2.09. The van der Waals surface area contributed by atoms with E-state index in [4.69, 9.17) is 26.3 Å². The number of H-pyrrole nitrogens is 4. The average molecular weight is 1600 g/mol. The molecule has 7 aromatic carbocycles. The minimum Gasteiger partial charge on any atom is -0.496 e. The van der Waals surface area contributed by atoms with Crippen molar-refractivity contribution in [3.8, 4) is 5.75 Å². The lowest BCUT2D eigenvalue weighted by atomic mass is 10.2. The van der Waals surface area contributed by atoms with E-state index in [1.165, 1.54) is 12.1 Å². The molecule has 0 aliphatic carbocycles. The van der Waals surface area contributed by atoms with Gasteiger partial charge in [-0.05, 0) is 167 Å². The third-order valence-electron chi connectivity index (χ3n) is 17.7. The summed E-state index contributed by atoms with van der Waals surface area (Å²) < 4.78 is 9.42. The highest BCUT2D eigenvalue weighted by atomic mass is 35.5. The monoisotopic (exact) mass is 1600 g/mol. The van der Waals surface area contributed by atoms with E-state index < -0.39 is 4.92 Å². The van der Waals surface area contributed by atoms with E-state index in [0.29, 0.717) is 54.3 Å². The van der Waals surface area contributed by atoms with Crippen LogP contribution in [-0.2, 0) is 19.5 Å². The SMILES string of the molecule is COc1ccccc1CNc1nc(Nc2ccc3[nH]ncc3c2)c2sccc2n1.Clc1ccc(Nc2nc(Nc3ccc4[nH]ncc4c3)c3sccc3n2)cc1.O=[N+]([O-])c1cccc(CNc2nc(Nc3ccc4[nH]ncc4c3)c3sccc3n2)c1.c1ccc(CCNc2nc(Nc3ccc4[nH]ncc4c3)c3sccc3n2)nc1. The van der Waals surface area contributed by atoms with Crippen molar-refractivity contribution in [2.45, 2.75) is 19.5 Å². The van der Waals surface area contributed by atoms with E-state index in [0.717, 1.165) is 159 Å². The molecule has 0 spiro atoms. The number of hydrogen-bond acceptors (Lipinski definition) is 28. The number of nitrogens with zero attached hydrogens (tertiary/aromatic N) is 14. The summed E-state index contributed by atoms with van der Waals surface area (Å²) in [5.41, 5.74) is 15.0. The number of nitrogens with one attached hydrogen (secondary N) is 12. The van der Waals surface area contributed by atoms with Crippen LogP contribution in [0.1, 0.15) is 16.8 Å². The number of rotatable bonds is 22. The number of hydrogen-bond donors (Lipinski definition) is 12. The van der Waals surface area contributed by atoms with Crippen molar-refractivity contribution in [3.63, 3.8) is 0 Å². The molecular formula is C80H63ClN26O3S4. The van der Waals surface area contributed by atoms with Crippen LogP contribution in [0.3, 0.4) is 0 Å². The Labute approximate surface area is 667 Å². The number of benzene rings is 7. The molecule has 20 rings (SSSR count). The first kappa shape index (κ1) is 72.5. The average Bonchev–Trinajstić information content (AvgIpc) is 1.73. The molecule has 0 unspecified atom stereocenters. The number of nitro groups is 1. The topological polar surface area (TPSA) is 379 Å². The minimum absolute atomic E-state index is 0.0560. The zero-order valence-corrected chi connectivity index (χ0v) is 63.9. The Kier molecular flexibility index (Phi) is 21.3. The fraction of sp³-hybridized carbons (Fsp3) is 0.0625. The Morgan fingerprint density at radius 2 is 0.842 bits per heavy atom. The summed E-state index contributed by atoms with van der Waals surface area (Å²) in [7, 11) is 1.67. The predicted octanol–water partition coefficient (Wildman–Crippen LogP) is 19.8. The van der Waals surface area contributed by atoms with Crippen LogP contribution >= 0.6 is 56.9 Å². The van der Waals surface area contributed by atoms with Gasteiger partial charge in [-0.3, -0.25) is 35.5 Å². The van der Waals surface area contributed by atoms with E-state index in [9.17, 15) is 10.1 Å². The van der Waals surface area contributed by atoms with Gasteiger partial charge in [0.05, 0.1) is 99.8 Å². The highest BCUT2D eigenvalue weighted by molar-refractivity contribution is 7.18. The number of aromatic nitrogens is 17. The maximum Gasteiger partial charge on any atom is 0.269 e. The van der Waals surface area contributed by atoms with Crippen molar-refractivity contribution >= 4 is 223 Å². The number of methoxy groups -OCH3 is 1. The van der Waals surface area contributed by atoms with Crippen molar-refractivity contribution < 1.29 is 9.66 Å². The number of non-ortho nitro benzene ring substituents is 1. The molecule has 0 amide bonds. The van der Waals surface area contributed by atoms with E-state index >= 15 is 0 Å². The Balaban J connectivity index is 0.000000110. The quantitative estimate of drug-likeness (QED) is 0.0221. The highest BCUT2D eigenvalue weighted by Gasteiger charge is 2.17. The number of pyridine rings is 1. The third kappa shape index (κ3) is 17.1. The third-order valence-corrected chi connectivity index (χ3v) is 21.6. The standard InChI is InChI=1S/C21H18N6OS.C20H15N7O2S.C20H17N7S.C19H13ClN6S/c1-28-18-5-3-2-4-13(18)11-22-21-25-17-8-9-29-19(17)20(26-21)24-15-6-7-16-14(10-15)12-23-27-16;28-27(29)15-3-1-2-12(8-15)10-21-20-24-17-6-7-30-18(17)19(25-20)23-14-4-5-16-13(9-14)11-22-26-16;1-2-8-21-14(3-1)6-9-22-20-25-17-7-10-28-18(17)19(26-20)24-15-4-5-16-13(11-15)12-23-27-16;20-12-1-3-13(4-2-12)23-19-24-16-7-8-27-17(16)18(25-19)22-14-5-6-15-11(9-14)10-21-26-15/h2-10,12H,11H2,1H3,(H,23,27)(H2,22,24,25,26);1-9,11H,10H2,(H,22,26)(H2,21,23,24,25);1-5,7-8,10-12H,6,9H2,(H,23,27)(H2,22,24,25,26);1-10H,(H,21,26)(H2,22,23,24,25). The lowest BCUT2D eigenvalue weighted by molar-refractivity contribution is -0.384. The van der Waals surface area contributed by atoms with Crippen LogP contribution in [0.4, 0.5) is 81.2 Å². The number of ether oxygens (including phenoxy) is 1. The molecule has 0 saturated carbocycles. The van der Waals surface area contributed by atoms with Crippen LogP contribution in [0.25, 0.3) is 84.5 Å². The lowest BCUT2D eigenvalue weighted by Gasteiger charge is -2.12. The zero-order valence-electron chi connectivity index (χ0n) is 59.9. The summed E-state index contributed by atoms with van der Waals surface area (Å²) in [6, 6.07) is 59.7. The molecule has 13 aromatic heterocycles. The number of thiophene rings is 4. The molecule has 29 nitrogen and oxygen atoms in total. The van der Waals surface area contributed by atoms with Gasteiger partial charge >= 0.3 is 0 Å². The number of nitro benzene ring substituents is 1. The fourth-order valence-electron chi connectivity index (χ4n) is 12.2. The summed E-state index contributed by atoms with van der Waals surface area (Å²) in [5.74, 6) is 5.99. The summed E-state index contributed by atoms with van der Waals surface area (Å²) in [4.78, 5) is 52.1. The van der Waals surface area contributed by atoms with E-state index in [-0.39, 0.29) is 5.69 Å². The Bertz CT molecular complexity index is 6760.